The maximum atomic E-state index is 5.97. The Morgan fingerprint density at radius 2 is 1.43 bits per heavy atom. The minimum Gasteiger partial charge on any atom is -0.498 e. The third-order valence-electron chi connectivity index (χ3n) is 5.04. The summed E-state index contributed by atoms with van der Waals surface area (Å²) in [5.74, 6) is 1.64. The van der Waals surface area contributed by atoms with Gasteiger partial charge in [-0.05, 0) is 36.5 Å². The number of benzene rings is 2. The molecule has 106 valence electrons. The molecule has 0 saturated carbocycles. The molecule has 1 heterocycles. The molecule has 1 nitrogen and oxygen atoms in total. The number of rotatable bonds is 3. The van der Waals surface area contributed by atoms with E-state index in [-0.39, 0.29) is 5.41 Å². The second-order valence-corrected chi connectivity index (χ2v) is 6.12. The lowest BCUT2D eigenvalue weighted by Gasteiger charge is -2.35. The summed E-state index contributed by atoms with van der Waals surface area (Å²) >= 11 is 0. The van der Waals surface area contributed by atoms with Crippen LogP contribution < -0.4 is 0 Å². The van der Waals surface area contributed by atoms with Gasteiger partial charge in [-0.2, -0.15) is 0 Å². The van der Waals surface area contributed by atoms with E-state index in [0.29, 0.717) is 5.92 Å². The predicted molar refractivity (Wildman–Crippen MR) is 85.0 cm³/mol. The summed E-state index contributed by atoms with van der Waals surface area (Å²) in [5, 5.41) is 0. The largest absolute Gasteiger partial charge is 0.498 e. The average Bonchev–Trinajstić information content (AvgIpc) is 3.10. The van der Waals surface area contributed by atoms with Crippen molar-refractivity contribution in [1.82, 2.24) is 0 Å². The molecule has 1 aliphatic heterocycles. The molecule has 0 unspecified atom stereocenters. The predicted octanol–water partition coefficient (Wildman–Crippen LogP) is 4.90. The fourth-order valence-electron chi connectivity index (χ4n) is 4.13. The SMILES string of the molecule is C1=C2OCC[C@@]2(C(c2ccccc2)c2ccccc2)CC1. The van der Waals surface area contributed by atoms with E-state index < -0.39 is 0 Å². The van der Waals surface area contributed by atoms with Gasteiger partial charge in [-0.3, -0.25) is 0 Å². The van der Waals surface area contributed by atoms with E-state index in [1.54, 1.807) is 0 Å². The molecular weight excluding hydrogens is 256 g/mol. The summed E-state index contributed by atoms with van der Waals surface area (Å²) < 4.78 is 5.97. The Hall–Kier alpha value is -2.02. The zero-order chi connectivity index (χ0) is 14.1. The van der Waals surface area contributed by atoms with Crippen LogP contribution in [0.25, 0.3) is 0 Å². The standard InChI is InChI=1S/C20H20O/c1-3-8-16(9-4-1)19(17-10-5-2-6-11-17)20-13-7-12-18(20)21-15-14-20/h1-6,8-12,19H,7,13-15H2/t20-/m0/s1. The van der Waals surface area contributed by atoms with Gasteiger partial charge in [-0.1, -0.05) is 60.7 Å². The molecule has 2 aliphatic rings. The van der Waals surface area contributed by atoms with Crippen LogP contribution in [0.5, 0.6) is 0 Å². The first-order valence-electron chi connectivity index (χ1n) is 7.83. The van der Waals surface area contributed by atoms with Crippen molar-refractivity contribution in [3.05, 3.63) is 83.6 Å². The number of ether oxygens (including phenoxy) is 1. The van der Waals surface area contributed by atoms with Crippen molar-refractivity contribution in [2.24, 2.45) is 5.41 Å². The monoisotopic (exact) mass is 276 g/mol. The zero-order valence-corrected chi connectivity index (χ0v) is 12.2. The van der Waals surface area contributed by atoms with Gasteiger partial charge in [0.2, 0.25) is 0 Å². The van der Waals surface area contributed by atoms with E-state index in [4.69, 9.17) is 4.74 Å². The first-order valence-corrected chi connectivity index (χ1v) is 7.83. The summed E-state index contributed by atoms with van der Waals surface area (Å²) in [6.45, 7) is 0.863. The molecule has 0 radical (unpaired) electrons. The van der Waals surface area contributed by atoms with Gasteiger partial charge < -0.3 is 4.74 Å². The van der Waals surface area contributed by atoms with Crippen molar-refractivity contribution in [3.8, 4) is 0 Å². The molecular formula is C20H20O. The molecule has 0 spiro atoms. The number of fused-ring (bicyclic) bond motifs is 1. The summed E-state index contributed by atoms with van der Waals surface area (Å²) in [6, 6.07) is 21.8. The molecule has 1 heteroatoms. The van der Waals surface area contributed by atoms with Crippen molar-refractivity contribution in [3.63, 3.8) is 0 Å². The molecule has 0 N–H and O–H groups in total. The Bertz CT molecular complexity index is 605. The van der Waals surface area contributed by atoms with Gasteiger partial charge >= 0.3 is 0 Å². The van der Waals surface area contributed by atoms with Gasteiger partial charge in [0.05, 0.1) is 12.4 Å². The molecule has 1 fully saturated rings. The van der Waals surface area contributed by atoms with Crippen LogP contribution in [0.3, 0.4) is 0 Å². The van der Waals surface area contributed by atoms with Crippen LogP contribution >= 0.6 is 0 Å². The fourth-order valence-corrected chi connectivity index (χ4v) is 4.13. The molecule has 2 aromatic carbocycles. The van der Waals surface area contributed by atoms with Crippen LogP contribution in [0.1, 0.15) is 36.3 Å². The van der Waals surface area contributed by atoms with Crippen molar-refractivity contribution in [2.75, 3.05) is 6.61 Å². The summed E-state index contributed by atoms with van der Waals surface area (Å²) in [4.78, 5) is 0. The molecule has 0 bridgehead atoms. The van der Waals surface area contributed by atoms with E-state index in [1.807, 2.05) is 0 Å². The average molecular weight is 276 g/mol. The maximum absolute atomic E-state index is 5.97. The zero-order valence-electron chi connectivity index (χ0n) is 12.2. The van der Waals surface area contributed by atoms with Gasteiger partial charge in [0.25, 0.3) is 0 Å². The van der Waals surface area contributed by atoms with Crippen LogP contribution in [0.4, 0.5) is 0 Å². The second kappa shape index (κ2) is 5.07. The third-order valence-corrected chi connectivity index (χ3v) is 5.04. The van der Waals surface area contributed by atoms with Crippen LogP contribution in [0, 0.1) is 5.41 Å². The summed E-state index contributed by atoms with van der Waals surface area (Å²) in [6.07, 6.45) is 5.79. The van der Waals surface area contributed by atoms with E-state index in [2.05, 4.69) is 66.7 Å². The third kappa shape index (κ3) is 1.99. The number of allylic oxidation sites excluding steroid dienone is 2. The molecule has 21 heavy (non-hydrogen) atoms. The second-order valence-electron chi connectivity index (χ2n) is 6.12. The van der Waals surface area contributed by atoms with Crippen LogP contribution in [0.15, 0.2) is 72.5 Å². The highest BCUT2D eigenvalue weighted by Crippen LogP contribution is 2.57. The Morgan fingerprint density at radius 1 is 0.810 bits per heavy atom. The van der Waals surface area contributed by atoms with Gasteiger partial charge in [0.1, 0.15) is 0 Å². The first kappa shape index (κ1) is 12.7. The first-order chi connectivity index (χ1) is 10.4. The maximum Gasteiger partial charge on any atom is 0.0992 e. The lowest BCUT2D eigenvalue weighted by Crippen LogP contribution is -2.26. The molecule has 1 atom stereocenters. The molecule has 1 aliphatic carbocycles. The Morgan fingerprint density at radius 3 is 2.05 bits per heavy atom. The van der Waals surface area contributed by atoms with Crippen LogP contribution in [0.2, 0.25) is 0 Å². The van der Waals surface area contributed by atoms with E-state index in [1.165, 1.54) is 23.3 Å². The Labute approximate surface area is 126 Å². The lowest BCUT2D eigenvalue weighted by atomic mass is 9.66. The fraction of sp³-hybridized carbons (Fsp3) is 0.300. The number of hydrogen-bond acceptors (Lipinski definition) is 1. The van der Waals surface area contributed by atoms with Crippen molar-refractivity contribution in [1.29, 1.82) is 0 Å². The number of hydrogen-bond donors (Lipinski definition) is 0. The highest BCUT2D eigenvalue weighted by atomic mass is 16.5. The minimum absolute atomic E-state index is 0.169. The molecule has 1 saturated heterocycles. The van der Waals surface area contributed by atoms with Gasteiger partial charge in [-0.25, -0.2) is 0 Å². The van der Waals surface area contributed by atoms with Gasteiger partial charge in [-0.15, -0.1) is 0 Å². The van der Waals surface area contributed by atoms with Gasteiger partial charge in [0, 0.05) is 11.3 Å². The summed E-state index contributed by atoms with van der Waals surface area (Å²) in [5.41, 5.74) is 2.98. The van der Waals surface area contributed by atoms with Crippen molar-refractivity contribution < 1.29 is 4.74 Å². The van der Waals surface area contributed by atoms with Crippen LogP contribution in [-0.2, 0) is 4.74 Å². The molecule has 2 aromatic rings. The minimum atomic E-state index is 0.169. The Kier molecular flexibility index (Phi) is 3.07. The van der Waals surface area contributed by atoms with E-state index in [0.717, 1.165) is 19.4 Å². The van der Waals surface area contributed by atoms with E-state index in [9.17, 15) is 0 Å². The molecule has 0 amide bonds. The van der Waals surface area contributed by atoms with E-state index >= 15 is 0 Å². The topological polar surface area (TPSA) is 9.23 Å². The quantitative estimate of drug-likeness (QED) is 0.774. The molecule has 4 rings (SSSR count). The van der Waals surface area contributed by atoms with Crippen molar-refractivity contribution in [2.45, 2.75) is 25.2 Å². The lowest BCUT2D eigenvalue weighted by molar-refractivity contribution is 0.238. The molecule has 0 aromatic heterocycles. The van der Waals surface area contributed by atoms with Gasteiger partial charge in [0.15, 0.2) is 0 Å². The Balaban J connectivity index is 1.87. The summed E-state index contributed by atoms with van der Waals surface area (Å²) in [7, 11) is 0. The highest BCUT2D eigenvalue weighted by molar-refractivity contribution is 5.40. The normalized spacial score (nSPS) is 23.8. The smallest absolute Gasteiger partial charge is 0.0992 e. The van der Waals surface area contributed by atoms with Crippen molar-refractivity contribution >= 4 is 0 Å². The van der Waals surface area contributed by atoms with Crippen LogP contribution in [-0.4, -0.2) is 6.61 Å². The highest BCUT2D eigenvalue weighted by Gasteiger charge is 2.49.